The first-order valence-electron chi connectivity index (χ1n) is 13.0. The zero-order valence-electron chi connectivity index (χ0n) is 23.0. The molecule has 1 fully saturated rings. The number of nitrogens with zero attached hydrogens (tertiary/aromatic N) is 5. The summed E-state index contributed by atoms with van der Waals surface area (Å²) in [5.74, 6) is -0.292. The average Bonchev–Trinajstić information content (AvgIpc) is 3.33. The molecule has 220 valence electrons. The topological polar surface area (TPSA) is 138 Å². The Morgan fingerprint density at radius 2 is 1.69 bits per heavy atom. The van der Waals surface area contributed by atoms with Gasteiger partial charge in [-0.25, -0.2) is 13.2 Å². The van der Waals surface area contributed by atoms with E-state index in [2.05, 4.69) is 15.5 Å². The number of anilines is 2. The fourth-order valence-electron chi connectivity index (χ4n) is 4.96. The van der Waals surface area contributed by atoms with E-state index in [1.165, 1.54) is 18.2 Å². The molecule has 2 aromatic carbocycles. The Morgan fingerprint density at radius 1 is 1.02 bits per heavy atom. The predicted molar refractivity (Wildman–Crippen MR) is 161 cm³/mol. The van der Waals surface area contributed by atoms with Gasteiger partial charge >= 0.3 is 5.97 Å². The van der Waals surface area contributed by atoms with E-state index in [9.17, 15) is 23.1 Å². The van der Waals surface area contributed by atoms with Crippen molar-refractivity contribution in [3.63, 3.8) is 0 Å². The summed E-state index contributed by atoms with van der Waals surface area (Å²) in [6.07, 6.45) is 1.76. The molecule has 1 atom stereocenters. The second kappa shape index (κ2) is 11.1. The molecule has 0 spiro atoms. The third kappa shape index (κ3) is 5.74. The Bertz CT molecular complexity index is 1770. The molecule has 5 rings (SSSR count). The second-order valence-electron chi connectivity index (χ2n) is 11.0. The van der Waals surface area contributed by atoms with Crippen LogP contribution in [0.25, 0.3) is 16.7 Å². The summed E-state index contributed by atoms with van der Waals surface area (Å²) in [7, 11) is -4.44. The van der Waals surface area contributed by atoms with Gasteiger partial charge in [0, 0.05) is 34.7 Å². The highest BCUT2D eigenvalue weighted by Gasteiger charge is 2.43. The number of aromatic nitrogens is 3. The SMILES string of the molecule is CC(C)(C)C(C(=O)O)N(c1ccc2c(ccn2-c2ccc(N3CCNC(=O)C3)nn2)c1)S(=O)(=O)c1cc(Cl)cc(Cl)c1. The zero-order valence-corrected chi connectivity index (χ0v) is 25.3. The minimum atomic E-state index is -4.44. The van der Waals surface area contributed by atoms with E-state index in [1.54, 1.807) is 67.9 Å². The number of carboxylic acids is 1. The summed E-state index contributed by atoms with van der Waals surface area (Å²) in [4.78, 5) is 25.9. The van der Waals surface area contributed by atoms with Gasteiger partial charge in [-0.15, -0.1) is 10.2 Å². The number of hydrogen-bond donors (Lipinski definition) is 2. The van der Waals surface area contributed by atoms with Crippen LogP contribution < -0.4 is 14.5 Å². The Labute approximate surface area is 252 Å². The number of hydrogen-bond acceptors (Lipinski definition) is 7. The van der Waals surface area contributed by atoms with Crippen LogP contribution >= 0.6 is 23.2 Å². The summed E-state index contributed by atoms with van der Waals surface area (Å²) in [5, 5.41) is 22.5. The molecular weight excluding hydrogens is 603 g/mol. The van der Waals surface area contributed by atoms with Gasteiger partial charge in [-0.1, -0.05) is 44.0 Å². The van der Waals surface area contributed by atoms with Gasteiger partial charge in [-0.2, -0.15) is 0 Å². The minimum Gasteiger partial charge on any atom is -0.480 e. The lowest BCUT2D eigenvalue weighted by molar-refractivity contribution is -0.140. The summed E-state index contributed by atoms with van der Waals surface area (Å²) in [6, 6.07) is 12.6. The van der Waals surface area contributed by atoms with E-state index in [0.717, 1.165) is 4.31 Å². The first-order chi connectivity index (χ1) is 19.8. The van der Waals surface area contributed by atoms with Gasteiger partial charge in [0.15, 0.2) is 11.6 Å². The molecule has 4 aromatic rings. The van der Waals surface area contributed by atoms with Crippen LogP contribution in [0.15, 0.2) is 65.7 Å². The molecule has 0 aliphatic carbocycles. The van der Waals surface area contributed by atoms with Crippen molar-refractivity contribution in [2.24, 2.45) is 5.41 Å². The van der Waals surface area contributed by atoms with Crippen LogP contribution in [0.1, 0.15) is 20.8 Å². The van der Waals surface area contributed by atoms with Gasteiger partial charge in [0.05, 0.1) is 22.6 Å². The highest BCUT2D eigenvalue weighted by molar-refractivity contribution is 7.93. The fraction of sp³-hybridized carbons (Fsp3) is 0.286. The molecule has 0 saturated carbocycles. The minimum absolute atomic E-state index is 0.0783. The van der Waals surface area contributed by atoms with Crippen molar-refractivity contribution in [2.75, 3.05) is 28.8 Å². The molecule has 0 bridgehead atoms. The van der Waals surface area contributed by atoms with E-state index in [-0.39, 0.29) is 33.1 Å². The van der Waals surface area contributed by atoms with Gasteiger partial charge in [-0.05, 0) is 60.0 Å². The average molecular weight is 632 g/mol. The lowest BCUT2D eigenvalue weighted by Crippen LogP contribution is -2.52. The lowest BCUT2D eigenvalue weighted by Gasteiger charge is -2.37. The maximum absolute atomic E-state index is 14.1. The van der Waals surface area contributed by atoms with E-state index >= 15 is 0 Å². The number of carboxylic acid groups (broad SMARTS) is 1. The van der Waals surface area contributed by atoms with Crippen LogP contribution in [0, 0.1) is 5.41 Å². The van der Waals surface area contributed by atoms with Crippen molar-refractivity contribution in [3.05, 3.63) is 70.8 Å². The smallest absolute Gasteiger partial charge is 0.328 e. The van der Waals surface area contributed by atoms with Crippen molar-refractivity contribution in [3.8, 4) is 5.82 Å². The van der Waals surface area contributed by atoms with Crippen LogP contribution in [0.3, 0.4) is 0 Å². The fourth-order valence-corrected chi connectivity index (χ4v) is 7.47. The number of sulfonamides is 1. The van der Waals surface area contributed by atoms with E-state index in [0.29, 0.717) is 35.6 Å². The van der Waals surface area contributed by atoms with Crippen molar-refractivity contribution in [2.45, 2.75) is 31.7 Å². The standard InChI is InChI=1S/C28H28Cl2N6O5S/c1-28(2,3)26(27(38)39)36(42(40,41)21-14-18(29)13-19(30)15-21)20-4-5-22-17(12-20)8-10-35(22)24-7-6-23(32-33-24)34-11-9-31-25(37)16-34/h4-8,10,12-15,26H,9,11,16H2,1-3H3,(H,31,37)(H,38,39). The van der Waals surface area contributed by atoms with Gasteiger partial charge in [0.2, 0.25) is 5.91 Å². The molecule has 2 N–H and O–H groups in total. The van der Waals surface area contributed by atoms with Crippen molar-refractivity contribution in [1.29, 1.82) is 0 Å². The molecule has 42 heavy (non-hydrogen) atoms. The summed E-state index contributed by atoms with van der Waals surface area (Å²) < 4.78 is 30.8. The molecule has 2 aromatic heterocycles. The van der Waals surface area contributed by atoms with Gasteiger partial charge < -0.3 is 15.3 Å². The Balaban J connectivity index is 1.57. The van der Waals surface area contributed by atoms with Gasteiger partial charge in [-0.3, -0.25) is 13.7 Å². The maximum Gasteiger partial charge on any atom is 0.328 e. The number of rotatable bonds is 7. The quantitative estimate of drug-likeness (QED) is 0.307. The predicted octanol–water partition coefficient (Wildman–Crippen LogP) is 4.36. The third-order valence-electron chi connectivity index (χ3n) is 6.86. The number of halogens is 2. The monoisotopic (exact) mass is 630 g/mol. The van der Waals surface area contributed by atoms with Crippen LogP contribution in [-0.2, 0) is 19.6 Å². The number of carbonyl (C=O) groups is 2. The van der Waals surface area contributed by atoms with Crippen LogP contribution in [0.4, 0.5) is 11.5 Å². The van der Waals surface area contributed by atoms with Crippen molar-refractivity contribution in [1.82, 2.24) is 20.1 Å². The van der Waals surface area contributed by atoms with Crippen molar-refractivity contribution < 1.29 is 23.1 Å². The molecule has 3 heterocycles. The summed E-state index contributed by atoms with van der Waals surface area (Å²) >= 11 is 12.2. The molecular formula is C28H28Cl2N6O5S. The Hall–Kier alpha value is -3.87. The van der Waals surface area contributed by atoms with E-state index in [1.807, 2.05) is 4.90 Å². The molecule has 1 amide bonds. The van der Waals surface area contributed by atoms with Gasteiger partial charge in [0.1, 0.15) is 6.04 Å². The van der Waals surface area contributed by atoms with Crippen LogP contribution in [0.2, 0.25) is 10.0 Å². The highest BCUT2D eigenvalue weighted by Crippen LogP contribution is 2.37. The molecule has 1 aliphatic heterocycles. The number of carbonyl (C=O) groups excluding carboxylic acids is 1. The van der Waals surface area contributed by atoms with Crippen molar-refractivity contribution >= 4 is 67.5 Å². The highest BCUT2D eigenvalue weighted by atomic mass is 35.5. The second-order valence-corrected chi connectivity index (χ2v) is 13.7. The number of nitrogens with one attached hydrogen (secondary N) is 1. The molecule has 1 unspecified atom stereocenters. The van der Waals surface area contributed by atoms with E-state index in [4.69, 9.17) is 23.2 Å². The maximum atomic E-state index is 14.1. The van der Waals surface area contributed by atoms with Gasteiger partial charge in [0.25, 0.3) is 10.0 Å². The number of piperazine rings is 1. The molecule has 0 radical (unpaired) electrons. The third-order valence-corrected chi connectivity index (χ3v) is 9.06. The molecule has 1 aliphatic rings. The summed E-state index contributed by atoms with van der Waals surface area (Å²) in [5.41, 5.74) is -0.137. The molecule has 14 heteroatoms. The first-order valence-corrected chi connectivity index (χ1v) is 15.2. The molecule has 1 saturated heterocycles. The number of fused-ring (bicyclic) bond motifs is 1. The number of amides is 1. The number of benzene rings is 2. The first kappa shape index (κ1) is 29.6. The zero-order chi connectivity index (χ0) is 30.4. The number of aliphatic carboxylic acids is 1. The lowest BCUT2D eigenvalue weighted by atomic mass is 9.86. The normalized spacial score (nSPS) is 15.0. The largest absolute Gasteiger partial charge is 0.480 e. The Kier molecular flexibility index (Phi) is 7.82. The molecule has 11 nitrogen and oxygen atoms in total. The van der Waals surface area contributed by atoms with Crippen LogP contribution in [-0.4, -0.2) is 65.8 Å². The van der Waals surface area contributed by atoms with E-state index < -0.39 is 27.4 Å². The summed E-state index contributed by atoms with van der Waals surface area (Å²) in [6.45, 7) is 6.34. The van der Waals surface area contributed by atoms with Crippen LogP contribution in [0.5, 0.6) is 0 Å². The Morgan fingerprint density at radius 3 is 2.29 bits per heavy atom.